The van der Waals surface area contributed by atoms with Gasteiger partial charge in [-0.3, -0.25) is 4.79 Å². The Labute approximate surface area is 119 Å². The normalized spacial score (nSPS) is 22.5. The molecule has 3 heterocycles. The van der Waals surface area contributed by atoms with Crippen LogP contribution >= 0.6 is 11.3 Å². The molecule has 0 amide bonds. The number of hydrogen-bond donors (Lipinski definition) is 3. The lowest BCUT2D eigenvalue weighted by Gasteiger charge is -2.12. The first-order valence-corrected chi connectivity index (χ1v) is 7.51. The van der Waals surface area contributed by atoms with E-state index in [1.807, 2.05) is 6.92 Å². The van der Waals surface area contributed by atoms with Crippen molar-refractivity contribution >= 4 is 21.4 Å². The van der Waals surface area contributed by atoms with E-state index >= 15 is 0 Å². The van der Waals surface area contributed by atoms with Crippen molar-refractivity contribution in [2.24, 2.45) is 5.92 Å². The minimum atomic E-state index is -0.329. The molecule has 3 rings (SSSR count). The fourth-order valence-electron chi connectivity index (χ4n) is 2.25. The zero-order chi connectivity index (χ0) is 14.1. The smallest absolute Gasteiger partial charge is 0.275 e. The van der Waals surface area contributed by atoms with E-state index < -0.39 is 0 Å². The van der Waals surface area contributed by atoms with Gasteiger partial charge in [0.05, 0.1) is 6.10 Å². The van der Waals surface area contributed by atoms with Crippen LogP contribution in [-0.4, -0.2) is 45.4 Å². The number of nitrogens with zero attached hydrogens (tertiary/aromatic N) is 3. The van der Waals surface area contributed by atoms with Gasteiger partial charge >= 0.3 is 0 Å². The number of fused-ring (bicyclic) bond motifs is 1. The molecule has 0 aromatic carbocycles. The second-order valence-corrected chi connectivity index (χ2v) is 5.86. The van der Waals surface area contributed by atoms with Crippen LogP contribution in [0.1, 0.15) is 12.6 Å². The van der Waals surface area contributed by atoms with Crippen molar-refractivity contribution in [2.45, 2.75) is 19.4 Å². The van der Waals surface area contributed by atoms with Gasteiger partial charge < -0.3 is 15.7 Å². The van der Waals surface area contributed by atoms with E-state index in [-0.39, 0.29) is 17.6 Å². The fourth-order valence-corrected chi connectivity index (χ4v) is 3.09. The number of aromatic nitrogens is 3. The standard InChI is InChI=1S/C12H17N5O2S/c1-2-8-3-10(19)17-12(15-8)20-11(16-17)14-5-7-4-13-6-9(7)18/h3,7,9,13,18H,2,4-6H2,1H3,(H,14,16)/t7-,9-/m0/s1. The Hall–Kier alpha value is -1.51. The van der Waals surface area contributed by atoms with E-state index in [9.17, 15) is 9.90 Å². The van der Waals surface area contributed by atoms with Gasteiger partial charge in [-0.15, -0.1) is 5.10 Å². The van der Waals surface area contributed by atoms with Crippen molar-refractivity contribution in [3.8, 4) is 0 Å². The Morgan fingerprint density at radius 1 is 1.60 bits per heavy atom. The van der Waals surface area contributed by atoms with Crippen molar-refractivity contribution in [1.29, 1.82) is 0 Å². The number of nitrogens with one attached hydrogen (secondary N) is 2. The molecule has 0 spiro atoms. The van der Waals surface area contributed by atoms with Crippen LogP contribution in [0.5, 0.6) is 0 Å². The van der Waals surface area contributed by atoms with E-state index in [1.54, 1.807) is 0 Å². The highest BCUT2D eigenvalue weighted by atomic mass is 32.1. The predicted octanol–water partition coefficient (Wildman–Crippen LogP) is -0.294. The summed E-state index contributed by atoms with van der Waals surface area (Å²) in [6.07, 6.45) is 0.399. The number of aliphatic hydroxyl groups is 1. The monoisotopic (exact) mass is 295 g/mol. The SMILES string of the molecule is CCc1cc(=O)n2nc(NC[C@@H]3CNC[C@@H]3O)sc2n1. The summed E-state index contributed by atoms with van der Waals surface area (Å²) < 4.78 is 1.31. The van der Waals surface area contributed by atoms with Crippen LogP contribution in [0, 0.1) is 5.92 Å². The third-order valence-corrected chi connectivity index (χ3v) is 4.35. The molecule has 1 fully saturated rings. The Morgan fingerprint density at radius 3 is 3.15 bits per heavy atom. The third kappa shape index (κ3) is 2.54. The van der Waals surface area contributed by atoms with Crippen molar-refractivity contribution in [3.05, 3.63) is 22.1 Å². The van der Waals surface area contributed by atoms with Crippen LogP contribution in [0.25, 0.3) is 4.96 Å². The van der Waals surface area contributed by atoms with Crippen LogP contribution < -0.4 is 16.2 Å². The molecule has 2 atom stereocenters. The maximum Gasteiger partial charge on any atom is 0.275 e. The van der Waals surface area contributed by atoms with Gasteiger partial charge in [0, 0.05) is 37.3 Å². The van der Waals surface area contributed by atoms with E-state index in [0.29, 0.717) is 23.2 Å². The Kier molecular flexibility index (Phi) is 3.68. The van der Waals surface area contributed by atoms with Crippen LogP contribution in [0.2, 0.25) is 0 Å². The van der Waals surface area contributed by atoms with E-state index in [2.05, 4.69) is 20.7 Å². The second kappa shape index (κ2) is 5.47. The average Bonchev–Trinajstić information content (AvgIpc) is 3.02. The van der Waals surface area contributed by atoms with Gasteiger partial charge in [-0.05, 0) is 6.42 Å². The quantitative estimate of drug-likeness (QED) is 0.718. The minimum absolute atomic E-state index is 0.154. The van der Waals surface area contributed by atoms with Crippen LogP contribution in [-0.2, 0) is 6.42 Å². The van der Waals surface area contributed by atoms with Crippen molar-refractivity contribution in [1.82, 2.24) is 19.9 Å². The molecule has 0 bridgehead atoms. The summed E-state index contributed by atoms with van der Waals surface area (Å²) in [5, 5.41) is 20.9. The Morgan fingerprint density at radius 2 is 2.45 bits per heavy atom. The van der Waals surface area contributed by atoms with Crippen molar-refractivity contribution < 1.29 is 5.11 Å². The minimum Gasteiger partial charge on any atom is -0.391 e. The molecule has 3 N–H and O–H groups in total. The van der Waals surface area contributed by atoms with Gasteiger partial charge in [-0.25, -0.2) is 4.98 Å². The molecule has 20 heavy (non-hydrogen) atoms. The van der Waals surface area contributed by atoms with Gasteiger partial charge in [0.2, 0.25) is 10.1 Å². The molecule has 1 saturated heterocycles. The molecule has 1 aliphatic heterocycles. The largest absolute Gasteiger partial charge is 0.391 e. The summed E-state index contributed by atoms with van der Waals surface area (Å²) in [7, 11) is 0. The molecule has 2 aromatic rings. The first-order valence-electron chi connectivity index (χ1n) is 6.70. The Bertz CT molecular complexity index is 667. The predicted molar refractivity (Wildman–Crippen MR) is 77.4 cm³/mol. The summed E-state index contributed by atoms with van der Waals surface area (Å²) in [6, 6.07) is 1.52. The van der Waals surface area contributed by atoms with E-state index in [1.165, 1.54) is 21.9 Å². The van der Waals surface area contributed by atoms with Gasteiger partial charge in [-0.1, -0.05) is 18.3 Å². The third-order valence-electron chi connectivity index (χ3n) is 3.48. The molecule has 8 heteroatoms. The number of rotatable bonds is 4. The lowest BCUT2D eigenvalue weighted by molar-refractivity contribution is 0.153. The van der Waals surface area contributed by atoms with Gasteiger partial charge in [0.1, 0.15) is 0 Å². The number of aryl methyl sites for hydroxylation is 1. The highest BCUT2D eigenvalue weighted by Crippen LogP contribution is 2.18. The number of hydrogen-bond acceptors (Lipinski definition) is 7. The first kappa shape index (κ1) is 13.5. The highest BCUT2D eigenvalue weighted by Gasteiger charge is 2.24. The molecule has 0 radical (unpaired) electrons. The fraction of sp³-hybridized carbons (Fsp3) is 0.583. The number of aliphatic hydroxyl groups excluding tert-OH is 1. The number of β-amino-alcohol motifs (C(OH)–C–C–N with tert-alkyl or cyclic N) is 1. The molecule has 0 unspecified atom stereocenters. The van der Waals surface area contributed by atoms with Crippen molar-refractivity contribution in [3.63, 3.8) is 0 Å². The van der Waals surface area contributed by atoms with Crippen LogP contribution in [0.4, 0.5) is 5.13 Å². The average molecular weight is 295 g/mol. The molecular weight excluding hydrogens is 278 g/mol. The van der Waals surface area contributed by atoms with Gasteiger partial charge in [0.25, 0.3) is 5.56 Å². The molecule has 2 aromatic heterocycles. The summed E-state index contributed by atoms with van der Waals surface area (Å²) in [6.45, 7) is 4.01. The second-order valence-electron chi connectivity index (χ2n) is 4.91. The van der Waals surface area contributed by atoms with Crippen LogP contribution in [0.15, 0.2) is 10.9 Å². The maximum atomic E-state index is 11.9. The Balaban J connectivity index is 1.79. The lowest BCUT2D eigenvalue weighted by Crippen LogP contribution is -2.25. The summed E-state index contributed by atoms with van der Waals surface area (Å²) >= 11 is 1.35. The molecule has 108 valence electrons. The number of anilines is 1. The van der Waals surface area contributed by atoms with E-state index in [4.69, 9.17) is 0 Å². The summed E-state index contributed by atoms with van der Waals surface area (Å²) in [5.41, 5.74) is 0.624. The van der Waals surface area contributed by atoms with E-state index in [0.717, 1.165) is 18.7 Å². The summed E-state index contributed by atoms with van der Waals surface area (Å²) in [5.74, 6) is 0.165. The molecule has 7 nitrogen and oxygen atoms in total. The van der Waals surface area contributed by atoms with Crippen molar-refractivity contribution in [2.75, 3.05) is 25.0 Å². The molecule has 0 saturated carbocycles. The van der Waals surface area contributed by atoms with Gasteiger partial charge in [0.15, 0.2) is 0 Å². The van der Waals surface area contributed by atoms with Gasteiger partial charge in [-0.2, -0.15) is 4.52 Å². The van der Waals surface area contributed by atoms with Crippen LogP contribution in [0.3, 0.4) is 0 Å². The molecular formula is C12H17N5O2S. The first-order chi connectivity index (χ1) is 9.67. The lowest BCUT2D eigenvalue weighted by atomic mass is 10.1. The zero-order valence-corrected chi connectivity index (χ0v) is 12.0. The maximum absolute atomic E-state index is 11.9. The topological polar surface area (TPSA) is 91.6 Å². The molecule has 1 aliphatic rings. The zero-order valence-electron chi connectivity index (χ0n) is 11.2. The highest BCUT2D eigenvalue weighted by molar-refractivity contribution is 7.20. The molecule has 0 aliphatic carbocycles. The summed E-state index contributed by atoms with van der Waals surface area (Å²) in [4.78, 5) is 16.9.